The van der Waals surface area contributed by atoms with E-state index in [2.05, 4.69) is 15.6 Å². The van der Waals surface area contributed by atoms with Gasteiger partial charge in [-0.05, 0) is 12.1 Å². The summed E-state index contributed by atoms with van der Waals surface area (Å²) in [5.41, 5.74) is 0.112. The smallest absolute Gasteiger partial charge is 0.270 e. The van der Waals surface area contributed by atoms with Crippen LogP contribution in [0.1, 0.15) is 5.56 Å². The van der Waals surface area contributed by atoms with Crippen LogP contribution in [0.15, 0.2) is 34.7 Å². The van der Waals surface area contributed by atoms with Crippen LogP contribution in [-0.4, -0.2) is 32.6 Å². The molecule has 2 aromatic rings. The van der Waals surface area contributed by atoms with E-state index in [9.17, 15) is 19.7 Å². The number of non-ortho nitro benzene ring substituents is 1. The minimum atomic E-state index is -0.562. The Morgan fingerprint density at radius 3 is 2.93 bits per heavy atom. The maximum Gasteiger partial charge on any atom is 0.270 e. The molecule has 0 aliphatic carbocycles. The number of thiazole rings is 1. The molecule has 1 fully saturated rings. The molecule has 9 nitrogen and oxygen atoms in total. The molecule has 2 heterocycles. The molecule has 138 valence electrons. The number of nitrogens with one attached hydrogen (secondary N) is 2. The van der Waals surface area contributed by atoms with Crippen molar-refractivity contribution in [3.63, 3.8) is 0 Å². The van der Waals surface area contributed by atoms with Gasteiger partial charge < -0.3 is 10.1 Å². The standard InChI is InChI=1S/C15H10N4O5S3/c20-12(17-14-16-3-4-26-14)7-24-10-2-1-9(19(22)23)5-8(10)6-11-13(21)18-15(25)27-11/h1-6H,7H2,(H,16,17,20)(H,18,21,25)/b11-6-. The van der Waals surface area contributed by atoms with Crippen LogP contribution in [0.5, 0.6) is 5.75 Å². The third kappa shape index (κ3) is 4.87. The molecule has 0 spiro atoms. The Balaban J connectivity index is 1.80. The zero-order chi connectivity index (χ0) is 19.4. The number of hydrogen-bond acceptors (Lipinski definition) is 9. The molecule has 0 atom stereocenters. The Hall–Kier alpha value is -2.83. The Bertz CT molecular complexity index is 958. The Morgan fingerprint density at radius 1 is 1.48 bits per heavy atom. The molecule has 0 bridgehead atoms. The third-order valence-corrected chi connectivity index (χ3v) is 5.02. The quantitative estimate of drug-likeness (QED) is 0.315. The first kappa shape index (κ1) is 18.9. The van der Waals surface area contributed by atoms with Crippen molar-refractivity contribution in [1.82, 2.24) is 10.3 Å². The summed E-state index contributed by atoms with van der Waals surface area (Å²) in [6, 6.07) is 3.88. The monoisotopic (exact) mass is 422 g/mol. The molecule has 1 aliphatic rings. The summed E-state index contributed by atoms with van der Waals surface area (Å²) >= 11 is 7.22. The summed E-state index contributed by atoms with van der Waals surface area (Å²) in [5.74, 6) is -0.617. The van der Waals surface area contributed by atoms with Crippen molar-refractivity contribution in [2.75, 3.05) is 11.9 Å². The van der Waals surface area contributed by atoms with Gasteiger partial charge in [0.1, 0.15) is 10.1 Å². The number of nitrogens with zero attached hydrogens (tertiary/aromatic N) is 2. The van der Waals surface area contributed by atoms with Gasteiger partial charge in [-0.15, -0.1) is 11.3 Å². The van der Waals surface area contributed by atoms with Crippen LogP contribution >= 0.6 is 35.3 Å². The average Bonchev–Trinajstić information content (AvgIpc) is 3.23. The maximum atomic E-state index is 11.9. The van der Waals surface area contributed by atoms with Crippen LogP contribution in [-0.2, 0) is 9.59 Å². The number of carbonyl (C=O) groups is 2. The number of ether oxygens (including phenoxy) is 1. The highest BCUT2D eigenvalue weighted by Gasteiger charge is 2.23. The molecule has 1 saturated heterocycles. The van der Waals surface area contributed by atoms with Crippen molar-refractivity contribution < 1.29 is 19.2 Å². The molecule has 27 heavy (non-hydrogen) atoms. The number of nitro groups is 1. The lowest BCUT2D eigenvalue weighted by atomic mass is 10.1. The number of thiocarbonyl (C=S) groups is 1. The van der Waals surface area contributed by atoms with Gasteiger partial charge in [0.15, 0.2) is 11.7 Å². The third-order valence-electron chi connectivity index (χ3n) is 3.17. The van der Waals surface area contributed by atoms with Crippen molar-refractivity contribution >= 4 is 68.3 Å². The van der Waals surface area contributed by atoms with Crippen molar-refractivity contribution in [3.05, 3.63) is 50.4 Å². The summed E-state index contributed by atoms with van der Waals surface area (Å²) in [6.07, 6.45) is 2.98. The molecule has 0 saturated carbocycles. The highest BCUT2D eigenvalue weighted by atomic mass is 32.2. The first-order valence-electron chi connectivity index (χ1n) is 7.28. The highest BCUT2D eigenvalue weighted by Crippen LogP contribution is 2.31. The minimum absolute atomic E-state index is 0.174. The SMILES string of the molecule is O=C(COc1ccc([N+](=O)[O-])cc1/C=C1\SC(=S)NC1=O)Nc1nccs1. The number of carbonyl (C=O) groups excluding carboxylic acids is 2. The second-order valence-electron chi connectivity index (χ2n) is 5.01. The van der Waals surface area contributed by atoms with E-state index in [1.165, 1.54) is 35.6 Å². The van der Waals surface area contributed by atoms with Gasteiger partial charge in [0.05, 0.1) is 9.83 Å². The summed E-state index contributed by atoms with van der Waals surface area (Å²) in [6.45, 7) is -0.328. The molecule has 2 N–H and O–H groups in total. The van der Waals surface area contributed by atoms with E-state index >= 15 is 0 Å². The summed E-state index contributed by atoms with van der Waals surface area (Å²) in [5, 5.41) is 18.2. The van der Waals surface area contributed by atoms with Crippen molar-refractivity contribution in [2.45, 2.75) is 0 Å². The number of thioether (sulfide) groups is 1. The van der Waals surface area contributed by atoms with Crippen molar-refractivity contribution in [3.8, 4) is 5.75 Å². The highest BCUT2D eigenvalue weighted by molar-refractivity contribution is 8.26. The number of benzene rings is 1. The van der Waals surface area contributed by atoms with Crippen LogP contribution < -0.4 is 15.4 Å². The number of hydrogen-bond donors (Lipinski definition) is 2. The lowest BCUT2D eigenvalue weighted by molar-refractivity contribution is -0.384. The number of amides is 2. The topological polar surface area (TPSA) is 123 Å². The first-order valence-corrected chi connectivity index (χ1v) is 9.38. The molecule has 0 unspecified atom stereocenters. The van der Waals surface area contributed by atoms with E-state index in [1.54, 1.807) is 11.6 Å². The van der Waals surface area contributed by atoms with Crippen LogP contribution in [0.2, 0.25) is 0 Å². The number of aromatic nitrogens is 1. The molecule has 2 amide bonds. The Labute approximate surface area is 166 Å². The lowest BCUT2D eigenvalue weighted by Gasteiger charge is -2.09. The van der Waals surface area contributed by atoms with E-state index < -0.39 is 16.7 Å². The Morgan fingerprint density at radius 2 is 2.30 bits per heavy atom. The second-order valence-corrected chi connectivity index (χ2v) is 7.62. The minimum Gasteiger partial charge on any atom is -0.483 e. The van der Waals surface area contributed by atoms with Gasteiger partial charge >= 0.3 is 0 Å². The number of anilines is 1. The largest absolute Gasteiger partial charge is 0.483 e. The first-order chi connectivity index (χ1) is 12.9. The summed E-state index contributed by atoms with van der Waals surface area (Å²) in [7, 11) is 0. The summed E-state index contributed by atoms with van der Waals surface area (Å²) < 4.78 is 5.77. The van der Waals surface area contributed by atoms with E-state index in [0.717, 1.165) is 11.8 Å². The summed E-state index contributed by atoms with van der Waals surface area (Å²) in [4.78, 5) is 38.4. The van der Waals surface area contributed by atoms with Crippen LogP contribution in [0, 0.1) is 10.1 Å². The van der Waals surface area contributed by atoms with E-state index in [4.69, 9.17) is 17.0 Å². The molecule has 1 aromatic heterocycles. The molecule has 1 aromatic carbocycles. The predicted octanol–water partition coefficient (Wildman–Crippen LogP) is 2.56. The number of nitro benzene ring substituents is 1. The Kier molecular flexibility index (Phi) is 5.78. The van der Waals surface area contributed by atoms with Crippen LogP contribution in [0.4, 0.5) is 10.8 Å². The van der Waals surface area contributed by atoms with Crippen LogP contribution in [0.3, 0.4) is 0 Å². The predicted molar refractivity (Wildman–Crippen MR) is 106 cm³/mol. The average molecular weight is 422 g/mol. The van der Waals surface area contributed by atoms with E-state index in [-0.39, 0.29) is 28.5 Å². The molecule has 12 heteroatoms. The second kappa shape index (κ2) is 8.24. The number of rotatable bonds is 6. The van der Waals surface area contributed by atoms with Crippen LogP contribution in [0.25, 0.3) is 6.08 Å². The fraction of sp³-hybridized carbons (Fsp3) is 0.0667. The maximum absolute atomic E-state index is 11.9. The normalized spacial score (nSPS) is 14.9. The molecular weight excluding hydrogens is 412 g/mol. The zero-order valence-corrected chi connectivity index (χ0v) is 15.8. The van der Waals surface area contributed by atoms with Gasteiger partial charge in [-0.2, -0.15) is 0 Å². The molecule has 3 rings (SSSR count). The lowest BCUT2D eigenvalue weighted by Crippen LogP contribution is -2.20. The van der Waals surface area contributed by atoms with Gasteiger partial charge in [0.2, 0.25) is 0 Å². The molecular formula is C15H10N4O5S3. The van der Waals surface area contributed by atoms with Gasteiger partial charge in [0, 0.05) is 29.3 Å². The van der Waals surface area contributed by atoms with Crippen molar-refractivity contribution in [1.29, 1.82) is 0 Å². The van der Waals surface area contributed by atoms with Gasteiger partial charge in [-0.3, -0.25) is 25.0 Å². The van der Waals surface area contributed by atoms with Gasteiger partial charge in [0.25, 0.3) is 17.5 Å². The molecule has 0 radical (unpaired) electrons. The van der Waals surface area contributed by atoms with Gasteiger partial charge in [-0.1, -0.05) is 24.0 Å². The van der Waals surface area contributed by atoms with Gasteiger partial charge in [-0.25, -0.2) is 4.98 Å². The zero-order valence-electron chi connectivity index (χ0n) is 13.3. The van der Waals surface area contributed by atoms with E-state index in [1.807, 2.05) is 0 Å². The fourth-order valence-electron chi connectivity index (χ4n) is 2.04. The van der Waals surface area contributed by atoms with Crippen molar-refractivity contribution in [2.24, 2.45) is 0 Å². The fourth-order valence-corrected chi connectivity index (χ4v) is 3.62. The van der Waals surface area contributed by atoms with E-state index in [0.29, 0.717) is 9.45 Å². The molecule has 1 aliphatic heterocycles.